The van der Waals surface area contributed by atoms with Gasteiger partial charge < -0.3 is 5.32 Å². The van der Waals surface area contributed by atoms with Gasteiger partial charge in [0.2, 0.25) is 0 Å². The fourth-order valence-corrected chi connectivity index (χ4v) is 3.28. The van der Waals surface area contributed by atoms with Crippen LogP contribution in [0.4, 0.5) is 0 Å². The second-order valence-corrected chi connectivity index (χ2v) is 6.33. The molecule has 0 aliphatic heterocycles. The average molecular weight is 350 g/mol. The first-order valence-electron chi connectivity index (χ1n) is 7.58. The van der Waals surface area contributed by atoms with E-state index in [4.69, 9.17) is 0 Å². The average Bonchev–Trinajstić information content (AvgIpc) is 2.81. The van der Waals surface area contributed by atoms with Gasteiger partial charge in [0.05, 0.1) is 22.4 Å². The number of nitrogens with one attached hydrogen (secondary N) is 1. The van der Waals surface area contributed by atoms with Crippen molar-refractivity contribution >= 4 is 15.9 Å². The summed E-state index contributed by atoms with van der Waals surface area (Å²) in [5, 5.41) is 8.00. The molecule has 1 aromatic heterocycles. The van der Waals surface area contributed by atoms with Gasteiger partial charge in [-0.05, 0) is 59.8 Å². The third-order valence-electron chi connectivity index (χ3n) is 3.87. The second kappa shape index (κ2) is 7.76. The van der Waals surface area contributed by atoms with Crippen LogP contribution >= 0.6 is 15.9 Å². The number of benzene rings is 1. The van der Waals surface area contributed by atoms with E-state index in [1.807, 2.05) is 17.9 Å². The molecule has 0 aliphatic rings. The highest BCUT2D eigenvalue weighted by Crippen LogP contribution is 2.26. The number of aryl methyl sites for hydroxylation is 3. The second-order valence-electron chi connectivity index (χ2n) is 5.47. The molecule has 1 aromatic carbocycles. The van der Waals surface area contributed by atoms with E-state index in [1.165, 1.54) is 16.8 Å². The summed E-state index contributed by atoms with van der Waals surface area (Å²) in [7, 11) is 2.01. The Bertz CT molecular complexity index is 558. The molecule has 0 amide bonds. The molecule has 0 aliphatic carbocycles. The van der Waals surface area contributed by atoms with E-state index in [0.29, 0.717) is 6.04 Å². The fourth-order valence-electron chi connectivity index (χ4n) is 2.66. The number of halogens is 1. The minimum absolute atomic E-state index is 0.325. The predicted molar refractivity (Wildman–Crippen MR) is 91.4 cm³/mol. The Balaban J connectivity index is 2.12. The topological polar surface area (TPSA) is 29.9 Å². The summed E-state index contributed by atoms with van der Waals surface area (Å²) in [4.78, 5) is 0. The Morgan fingerprint density at radius 1 is 1.33 bits per heavy atom. The van der Waals surface area contributed by atoms with Gasteiger partial charge in [0.1, 0.15) is 0 Å². The number of rotatable bonds is 7. The van der Waals surface area contributed by atoms with Gasteiger partial charge in [-0.2, -0.15) is 5.10 Å². The predicted octanol–water partition coefficient (Wildman–Crippen LogP) is 4.16. The molecule has 1 atom stereocenters. The van der Waals surface area contributed by atoms with Crippen molar-refractivity contribution < 1.29 is 0 Å². The van der Waals surface area contributed by atoms with Crippen LogP contribution in [0.25, 0.3) is 0 Å². The molecule has 0 spiro atoms. The molecule has 1 unspecified atom stereocenters. The summed E-state index contributed by atoms with van der Waals surface area (Å²) in [5.74, 6) is 0. The lowest BCUT2D eigenvalue weighted by molar-refractivity contribution is 0.466. The number of hydrogen-bond donors (Lipinski definition) is 1. The molecule has 0 radical (unpaired) electrons. The lowest BCUT2D eigenvalue weighted by atomic mass is 9.99. The van der Waals surface area contributed by atoms with Crippen LogP contribution in [0.5, 0.6) is 0 Å². The van der Waals surface area contributed by atoms with Crippen LogP contribution in [-0.2, 0) is 13.5 Å². The molecule has 21 heavy (non-hydrogen) atoms. The third-order valence-corrected chi connectivity index (χ3v) is 4.48. The standard InChI is InChI=1S/C17H24BrN3/c1-4-11-19-16(17-15(18)12-20-21(17)3)10-9-14-8-6-5-7-13(14)2/h5-8,12,16,19H,4,9-11H2,1-3H3. The molecule has 2 rings (SSSR count). The Labute approximate surface area is 135 Å². The van der Waals surface area contributed by atoms with Crippen molar-refractivity contribution in [1.82, 2.24) is 15.1 Å². The van der Waals surface area contributed by atoms with Gasteiger partial charge in [-0.1, -0.05) is 31.2 Å². The van der Waals surface area contributed by atoms with Gasteiger partial charge in [0.25, 0.3) is 0 Å². The zero-order valence-electron chi connectivity index (χ0n) is 13.1. The first kappa shape index (κ1) is 16.2. The van der Waals surface area contributed by atoms with Crippen LogP contribution in [0.2, 0.25) is 0 Å². The summed E-state index contributed by atoms with van der Waals surface area (Å²) in [6.45, 7) is 5.41. The quantitative estimate of drug-likeness (QED) is 0.812. The molecule has 0 saturated carbocycles. The largest absolute Gasteiger partial charge is 0.309 e. The van der Waals surface area contributed by atoms with E-state index in [0.717, 1.165) is 30.3 Å². The van der Waals surface area contributed by atoms with Gasteiger partial charge in [-0.15, -0.1) is 0 Å². The van der Waals surface area contributed by atoms with Gasteiger partial charge >= 0.3 is 0 Å². The first-order valence-corrected chi connectivity index (χ1v) is 8.38. The van der Waals surface area contributed by atoms with Gasteiger partial charge in [0, 0.05) is 7.05 Å². The maximum atomic E-state index is 4.35. The molecular formula is C17H24BrN3. The SMILES string of the molecule is CCCNC(CCc1ccccc1C)c1c(Br)cnn1C. The Hall–Kier alpha value is -1.13. The third kappa shape index (κ3) is 4.17. The molecule has 0 bridgehead atoms. The molecule has 0 saturated heterocycles. The van der Waals surface area contributed by atoms with Gasteiger partial charge in [0.15, 0.2) is 0 Å². The Kier molecular flexibility index (Phi) is 6.00. The summed E-state index contributed by atoms with van der Waals surface area (Å²) in [6.07, 6.45) is 5.16. The molecule has 2 aromatic rings. The fraction of sp³-hybridized carbons (Fsp3) is 0.471. The van der Waals surface area contributed by atoms with Crippen molar-refractivity contribution in [3.8, 4) is 0 Å². The maximum Gasteiger partial charge on any atom is 0.0692 e. The molecule has 1 N–H and O–H groups in total. The highest BCUT2D eigenvalue weighted by molar-refractivity contribution is 9.10. The number of aromatic nitrogens is 2. The van der Waals surface area contributed by atoms with Crippen molar-refractivity contribution in [3.05, 3.63) is 51.8 Å². The smallest absolute Gasteiger partial charge is 0.0692 e. The molecule has 114 valence electrons. The van der Waals surface area contributed by atoms with E-state index in [2.05, 4.69) is 64.5 Å². The molecule has 1 heterocycles. The molecular weight excluding hydrogens is 326 g/mol. The summed E-state index contributed by atoms with van der Waals surface area (Å²) in [5.41, 5.74) is 4.03. The zero-order chi connectivity index (χ0) is 15.2. The zero-order valence-corrected chi connectivity index (χ0v) is 14.7. The number of nitrogens with zero attached hydrogens (tertiary/aromatic N) is 2. The highest BCUT2D eigenvalue weighted by Gasteiger charge is 2.18. The minimum atomic E-state index is 0.325. The van der Waals surface area contributed by atoms with Crippen LogP contribution in [0.15, 0.2) is 34.9 Å². The molecule has 0 fully saturated rings. The summed E-state index contributed by atoms with van der Waals surface area (Å²) >= 11 is 3.63. The normalized spacial score (nSPS) is 12.6. The first-order chi connectivity index (χ1) is 10.1. The van der Waals surface area contributed by atoms with E-state index in [-0.39, 0.29) is 0 Å². The van der Waals surface area contributed by atoms with E-state index in [1.54, 1.807) is 0 Å². The molecule has 3 nitrogen and oxygen atoms in total. The van der Waals surface area contributed by atoms with Crippen molar-refractivity contribution in [2.45, 2.75) is 39.2 Å². The van der Waals surface area contributed by atoms with Crippen LogP contribution < -0.4 is 5.32 Å². The minimum Gasteiger partial charge on any atom is -0.309 e. The van der Waals surface area contributed by atoms with E-state index in [9.17, 15) is 0 Å². The van der Waals surface area contributed by atoms with Crippen LogP contribution in [0.3, 0.4) is 0 Å². The van der Waals surface area contributed by atoms with Crippen molar-refractivity contribution in [2.24, 2.45) is 7.05 Å². The summed E-state index contributed by atoms with van der Waals surface area (Å²) < 4.78 is 3.05. The molecule has 4 heteroatoms. The number of hydrogen-bond acceptors (Lipinski definition) is 2. The van der Waals surface area contributed by atoms with Crippen LogP contribution in [-0.4, -0.2) is 16.3 Å². The van der Waals surface area contributed by atoms with Gasteiger partial charge in [-0.3, -0.25) is 4.68 Å². The van der Waals surface area contributed by atoms with E-state index < -0.39 is 0 Å². The van der Waals surface area contributed by atoms with Crippen LogP contribution in [0.1, 0.15) is 42.6 Å². The van der Waals surface area contributed by atoms with Crippen molar-refractivity contribution in [1.29, 1.82) is 0 Å². The Morgan fingerprint density at radius 3 is 2.71 bits per heavy atom. The maximum absolute atomic E-state index is 4.35. The lowest BCUT2D eigenvalue weighted by Crippen LogP contribution is -2.25. The van der Waals surface area contributed by atoms with Crippen molar-refractivity contribution in [3.63, 3.8) is 0 Å². The van der Waals surface area contributed by atoms with Gasteiger partial charge in [-0.25, -0.2) is 0 Å². The van der Waals surface area contributed by atoms with Crippen LogP contribution in [0, 0.1) is 6.92 Å². The summed E-state index contributed by atoms with van der Waals surface area (Å²) in [6, 6.07) is 8.96. The van der Waals surface area contributed by atoms with E-state index >= 15 is 0 Å². The highest BCUT2D eigenvalue weighted by atomic mass is 79.9. The monoisotopic (exact) mass is 349 g/mol. The lowest BCUT2D eigenvalue weighted by Gasteiger charge is -2.20. The Morgan fingerprint density at radius 2 is 2.10 bits per heavy atom. The van der Waals surface area contributed by atoms with Crippen molar-refractivity contribution in [2.75, 3.05) is 6.54 Å².